The maximum Gasteiger partial charge on any atom is 0.220 e. The minimum absolute atomic E-state index is 0.106. The van der Waals surface area contributed by atoms with Gasteiger partial charge in [0.15, 0.2) is 0 Å². The average molecular weight is 315 g/mol. The molecule has 0 radical (unpaired) electrons. The van der Waals surface area contributed by atoms with Gasteiger partial charge in [0, 0.05) is 13.0 Å². The SMILES string of the molecule is Cc1cc(C)cc(CCC(=O)NCC(O)c2ccc(F)cc2)c1. The van der Waals surface area contributed by atoms with Gasteiger partial charge in [-0.05, 0) is 43.5 Å². The molecule has 4 heteroatoms. The van der Waals surface area contributed by atoms with Crippen LogP contribution in [0.15, 0.2) is 42.5 Å². The Morgan fingerprint density at radius 1 is 1.13 bits per heavy atom. The van der Waals surface area contributed by atoms with Crippen molar-refractivity contribution in [2.45, 2.75) is 32.8 Å². The summed E-state index contributed by atoms with van der Waals surface area (Å²) in [6, 6.07) is 11.9. The molecule has 0 aliphatic carbocycles. The maximum atomic E-state index is 12.8. The molecule has 122 valence electrons. The molecule has 0 heterocycles. The van der Waals surface area contributed by atoms with Crippen LogP contribution < -0.4 is 5.32 Å². The van der Waals surface area contributed by atoms with Crippen LogP contribution in [0.2, 0.25) is 0 Å². The number of nitrogens with one attached hydrogen (secondary N) is 1. The molecule has 0 aromatic heterocycles. The number of rotatable bonds is 6. The Labute approximate surface area is 136 Å². The van der Waals surface area contributed by atoms with E-state index in [0.717, 1.165) is 5.56 Å². The van der Waals surface area contributed by atoms with Crippen molar-refractivity contribution < 1.29 is 14.3 Å². The minimum atomic E-state index is -0.833. The standard InChI is InChI=1S/C19H22FNO2/c1-13-9-14(2)11-15(10-13)3-8-19(23)21-12-18(22)16-4-6-17(20)7-5-16/h4-7,9-11,18,22H,3,8,12H2,1-2H3,(H,21,23). The van der Waals surface area contributed by atoms with Gasteiger partial charge >= 0.3 is 0 Å². The summed E-state index contributed by atoms with van der Waals surface area (Å²) >= 11 is 0. The summed E-state index contributed by atoms with van der Waals surface area (Å²) < 4.78 is 12.8. The highest BCUT2D eigenvalue weighted by Crippen LogP contribution is 2.13. The van der Waals surface area contributed by atoms with Gasteiger partial charge < -0.3 is 10.4 Å². The number of carbonyl (C=O) groups is 1. The summed E-state index contributed by atoms with van der Waals surface area (Å²) in [6.07, 6.45) is 0.209. The van der Waals surface area contributed by atoms with E-state index in [1.54, 1.807) is 0 Å². The summed E-state index contributed by atoms with van der Waals surface area (Å²) in [6.45, 7) is 4.20. The van der Waals surface area contributed by atoms with Crippen LogP contribution in [0.5, 0.6) is 0 Å². The lowest BCUT2D eigenvalue weighted by Gasteiger charge is -2.12. The minimum Gasteiger partial charge on any atom is -0.387 e. The molecular formula is C19H22FNO2. The molecule has 0 aliphatic heterocycles. The molecule has 0 saturated carbocycles. The molecule has 3 nitrogen and oxygen atoms in total. The third kappa shape index (κ3) is 5.49. The molecule has 2 rings (SSSR count). The van der Waals surface area contributed by atoms with Crippen LogP contribution in [0.4, 0.5) is 4.39 Å². The second-order valence-corrected chi connectivity index (χ2v) is 5.87. The number of hydrogen-bond acceptors (Lipinski definition) is 2. The number of benzene rings is 2. The lowest BCUT2D eigenvalue weighted by molar-refractivity contribution is -0.121. The molecule has 2 aromatic carbocycles. The molecule has 0 spiro atoms. The molecule has 1 atom stereocenters. The molecule has 0 fully saturated rings. The number of amides is 1. The molecule has 0 aliphatic rings. The van der Waals surface area contributed by atoms with E-state index in [1.165, 1.54) is 35.4 Å². The van der Waals surface area contributed by atoms with Crippen LogP contribution in [-0.4, -0.2) is 17.6 Å². The predicted molar refractivity (Wildman–Crippen MR) is 88.6 cm³/mol. The van der Waals surface area contributed by atoms with Crippen LogP contribution in [0.1, 0.15) is 34.8 Å². The smallest absolute Gasteiger partial charge is 0.220 e. The van der Waals surface area contributed by atoms with Crippen LogP contribution in [0, 0.1) is 19.7 Å². The van der Waals surface area contributed by atoms with Gasteiger partial charge in [0.1, 0.15) is 5.82 Å². The van der Waals surface area contributed by atoms with Gasteiger partial charge in [0.2, 0.25) is 5.91 Å². The van der Waals surface area contributed by atoms with Crippen molar-refractivity contribution in [3.63, 3.8) is 0 Å². The van der Waals surface area contributed by atoms with Crippen LogP contribution in [0.25, 0.3) is 0 Å². The maximum absolute atomic E-state index is 12.8. The summed E-state index contributed by atoms with van der Waals surface area (Å²) in [5.41, 5.74) is 4.09. The van der Waals surface area contributed by atoms with Crippen molar-refractivity contribution >= 4 is 5.91 Å². The van der Waals surface area contributed by atoms with E-state index in [0.29, 0.717) is 18.4 Å². The van der Waals surface area contributed by atoms with E-state index in [4.69, 9.17) is 0 Å². The van der Waals surface area contributed by atoms with E-state index < -0.39 is 6.10 Å². The van der Waals surface area contributed by atoms with Crippen molar-refractivity contribution in [3.8, 4) is 0 Å². The summed E-state index contributed by atoms with van der Waals surface area (Å²) in [5, 5.41) is 12.7. The molecule has 23 heavy (non-hydrogen) atoms. The molecule has 0 saturated heterocycles. The third-order valence-electron chi connectivity index (χ3n) is 3.67. The molecular weight excluding hydrogens is 293 g/mol. The van der Waals surface area contributed by atoms with Crippen molar-refractivity contribution in [2.75, 3.05) is 6.54 Å². The van der Waals surface area contributed by atoms with E-state index in [-0.39, 0.29) is 18.3 Å². The first kappa shape index (κ1) is 17.2. The number of halogens is 1. The normalized spacial score (nSPS) is 12.0. The first-order chi connectivity index (χ1) is 10.9. The Hall–Kier alpha value is -2.20. The highest BCUT2D eigenvalue weighted by Gasteiger charge is 2.10. The van der Waals surface area contributed by atoms with Crippen molar-refractivity contribution in [1.29, 1.82) is 0 Å². The van der Waals surface area contributed by atoms with Crippen molar-refractivity contribution in [2.24, 2.45) is 0 Å². The fraction of sp³-hybridized carbons (Fsp3) is 0.316. The Bertz CT molecular complexity index is 647. The van der Waals surface area contributed by atoms with Gasteiger partial charge in [-0.15, -0.1) is 0 Å². The highest BCUT2D eigenvalue weighted by atomic mass is 19.1. The van der Waals surface area contributed by atoms with E-state index >= 15 is 0 Å². The second kappa shape index (κ2) is 7.88. The highest BCUT2D eigenvalue weighted by molar-refractivity contribution is 5.76. The molecule has 0 bridgehead atoms. The number of aliphatic hydroxyl groups excluding tert-OH is 1. The summed E-state index contributed by atoms with van der Waals surface area (Å²) in [4.78, 5) is 11.9. The first-order valence-corrected chi connectivity index (χ1v) is 7.71. The number of carbonyl (C=O) groups excluding carboxylic acids is 1. The summed E-state index contributed by atoms with van der Waals surface area (Å²) in [7, 11) is 0. The molecule has 2 aromatic rings. The quantitative estimate of drug-likeness (QED) is 0.860. The Kier molecular flexibility index (Phi) is 5.88. The van der Waals surface area contributed by atoms with Gasteiger partial charge in [0.25, 0.3) is 0 Å². The zero-order chi connectivity index (χ0) is 16.8. The fourth-order valence-corrected chi connectivity index (χ4v) is 2.57. The van der Waals surface area contributed by atoms with Gasteiger partial charge in [-0.2, -0.15) is 0 Å². The van der Waals surface area contributed by atoms with Gasteiger partial charge in [-0.3, -0.25) is 4.79 Å². The van der Waals surface area contributed by atoms with E-state index in [2.05, 4.69) is 23.5 Å². The van der Waals surface area contributed by atoms with Crippen LogP contribution in [-0.2, 0) is 11.2 Å². The zero-order valence-corrected chi connectivity index (χ0v) is 13.5. The Morgan fingerprint density at radius 3 is 2.35 bits per heavy atom. The Morgan fingerprint density at radius 2 is 1.74 bits per heavy atom. The third-order valence-corrected chi connectivity index (χ3v) is 3.67. The summed E-state index contributed by atoms with van der Waals surface area (Å²) in [5.74, 6) is -0.455. The fourth-order valence-electron chi connectivity index (χ4n) is 2.57. The number of aliphatic hydroxyl groups is 1. The second-order valence-electron chi connectivity index (χ2n) is 5.87. The van der Waals surface area contributed by atoms with E-state index in [9.17, 15) is 14.3 Å². The monoisotopic (exact) mass is 315 g/mol. The first-order valence-electron chi connectivity index (χ1n) is 7.71. The van der Waals surface area contributed by atoms with Crippen LogP contribution in [0.3, 0.4) is 0 Å². The predicted octanol–water partition coefficient (Wildman–Crippen LogP) is 3.22. The lowest BCUT2D eigenvalue weighted by Crippen LogP contribution is -2.28. The Balaban J connectivity index is 1.79. The van der Waals surface area contributed by atoms with Crippen LogP contribution >= 0.6 is 0 Å². The van der Waals surface area contributed by atoms with Crippen molar-refractivity contribution in [1.82, 2.24) is 5.32 Å². The molecule has 1 amide bonds. The lowest BCUT2D eigenvalue weighted by atomic mass is 10.0. The van der Waals surface area contributed by atoms with E-state index in [1.807, 2.05) is 13.8 Å². The van der Waals surface area contributed by atoms with Crippen molar-refractivity contribution in [3.05, 3.63) is 70.5 Å². The number of hydrogen-bond donors (Lipinski definition) is 2. The largest absolute Gasteiger partial charge is 0.387 e. The van der Waals surface area contributed by atoms with Gasteiger partial charge in [0.05, 0.1) is 6.10 Å². The van der Waals surface area contributed by atoms with Gasteiger partial charge in [-0.1, -0.05) is 41.5 Å². The number of aryl methyl sites for hydroxylation is 3. The molecule has 2 N–H and O–H groups in total. The molecule has 1 unspecified atom stereocenters. The zero-order valence-electron chi connectivity index (χ0n) is 13.5. The average Bonchev–Trinajstić information content (AvgIpc) is 2.50. The van der Waals surface area contributed by atoms with Gasteiger partial charge in [-0.25, -0.2) is 4.39 Å². The topological polar surface area (TPSA) is 49.3 Å².